The summed E-state index contributed by atoms with van der Waals surface area (Å²) in [5, 5.41) is 0. The van der Waals surface area contributed by atoms with Crippen LogP contribution in [0.1, 0.15) is 19.3 Å². The van der Waals surface area contributed by atoms with Gasteiger partial charge in [0.25, 0.3) is 0 Å². The van der Waals surface area contributed by atoms with Crippen molar-refractivity contribution in [2.75, 3.05) is 39.3 Å². The van der Waals surface area contributed by atoms with E-state index in [-0.39, 0.29) is 5.96 Å². The molecule has 0 atom stereocenters. The molecule has 18 heavy (non-hydrogen) atoms. The molecule has 1 amide bonds. The topological polar surface area (TPSA) is 87.9 Å². The highest BCUT2D eigenvalue weighted by Gasteiger charge is 2.30. The molecule has 1 aliphatic heterocycles. The number of hydrogen-bond acceptors (Lipinski definition) is 3. The molecule has 1 saturated carbocycles. The summed E-state index contributed by atoms with van der Waals surface area (Å²) in [6.07, 6.45) is 3.39. The van der Waals surface area contributed by atoms with Gasteiger partial charge < -0.3 is 16.4 Å². The summed E-state index contributed by atoms with van der Waals surface area (Å²) >= 11 is 0. The predicted octanol–water partition coefficient (Wildman–Crippen LogP) is -0.796. The number of carbonyl (C=O) groups is 1. The first-order valence-electron chi connectivity index (χ1n) is 6.73. The second-order valence-corrected chi connectivity index (χ2v) is 5.10. The number of aliphatic imine (C=N–C) groups is 1. The number of amides is 1. The van der Waals surface area contributed by atoms with Gasteiger partial charge in [-0.1, -0.05) is 6.42 Å². The molecule has 0 bridgehead atoms. The molecule has 4 N–H and O–H groups in total. The van der Waals surface area contributed by atoms with Gasteiger partial charge in [0, 0.05) is 38.6 Å². The molecule has 2 rings (SSSR count). The Morgan fingerprint density at radius 3 is 2.33 bits per heavy atom. The van der Waals surface area contributed by atoms with Crippen LogP contribution >= 0.6 is 0 Å². The fourth-order valence-electron chi connectivity index (χ4n) is 2.43. The van der Waals surface area contributed by atoms with Crippen LogP contribution in [-0.4, -0.2) is 60.9 Å². The molecule has 2 fully saturated rings. The maximum Gasteiger partial charge on any atom is 0.225 e. The summed E-state index contributed by atoms with van der Waals surface area (Å²) in [7, 11) is 0. The van der Waals surface area contributed by atoms with Crippen molar-refractivity contribution in [1.82, 2.24) is 9.80 Å². The van der Waals surface area contributed by atoms with E-state index in [2.05, 4.69) is 9.89 Å². The molecule has 0 radical (unpaired) electrons. The number of guanidine groups is 1. The number of nitrogens with zero attached hydrogens (tertiary/aromatic N) is 3. The van der Waals surface area contributed by atoms with Crippen LogP contribution in [0.3, 0.4) is 0 Å². The van der Waals surface area contributed by atoms with E-state index in [0.717, 1.165) is 45.6 Å². The van der Waals surface area contributed by atoms with Crippen molar-refractivity contribution in [3.05, 3.63) is 0 Å². The van der Waals surface area contributed by atoms with Crippen LogP contribution in [0.2, 0.25) is 0 Å². The van der Waals surface area contributed by atoms with Gasteiger partial charge in [-0.25, -0.2) is 0 Å². The molecule has 2 aliphatic rings. The number of hydrogen-bond donors (Lipinski definition) is 2. The first-order chi connectivity index (χ1) is 8.66. The van der Waals surface area contributed by atoms with Crippen LogP contribution in [0.5, 0.6) is 0 Å². The van der Waals surface area contributed by atoms with E-state index in [1.165, 1.54) is 6.42 Å². The highest BCUT2D eigenvalue weighted by molar-refractivity contribution is 5.79. The average Bonchev–Trinajstić information content (AvgIpc) is 2.27. The number of nitrogens with two attached hydrogens (primary N) is 2. The lowest BCUT2D eigenvalue weighted by Gasteiger charge is -2.38. The third-order valence-corrected chi connectivity index (χ3v) is 3.85. The van der Waals surface area contributed by atoms with Gasteiger partial charge in [-0.3, -0.25) is 14.7 Å². The van der Waals surface area contributed by atoms with Gasteiger partial charge in [-0.2, -0.15) is 0 Å². The summed E-state index contributed by atoms with van der Waals surface area (Å²) in [6, 6.07) is 0. The lowest BCUT2D eigenvalue weighted by atomic mass is 9.84. The molecular formula is C12H23N5O. The first-order valence-corrected chi connectivity index (χ1v) is 6.73. The zero-order chi connectivity index (χ0) is 13.0. The summed E-state index contributed by atoms with van der Waals surface area (Å²) in [5.74, 6) is 0.831. The predicted molar refractivity (Wildman–Crippen MR) is 71.0 cm³/mol. The Bertz CT molecular complexity index is 314. The van der Waals surface area contributed by atoms with Crippen LogP contribution in [0, 0.1) is 5.92 Å². The van der Waals surface area contributed by atoms with E-state index in [1.807, 2.05) is 4.90 Å². The van der Waals surface area contributed by atoms with Crippen LogP contribution in [0.25, 0.3) is 0 Å². The minimum absolute atomic E-state index is 0.147. The number of piperazine rings is 1. The lowest BCUT2D eigenvalue weighted by Crippen LogP contribution is -2.51. The normalized spacial score (nSPS) is 21.4. The Kier molecular flexibility index (Phi) is 4.41. The van der Waals surface area contributed by atoms with E-state index >= 15 is 0 Å². The van der Waals surface area contributed by atoms with Gasteiger partial charge in [0.05, 0.1) is 6.54 Å². The second kappa shape index (κ2) is 6.04. The van der Waals surface area contributed by atoms with Crippen LogP contribution in [0.4, 0.5) is 0 Å². The first kappa shape index (κ1) is 13.1. The highest BCUT2D eigenvalue weighted by atomic mass is 16.2. The van der Waals surface area contributed by atoms with E-state index in [1.54, 1.807) is 0 Å². The Morgan fingerprint density at radius 2 is 1.83 bits per heavy atom. The maximum absolute atomic E-state index is 12.0. The van der Waals surface area contributed by atoms with Crippen molar-refractivity contribution in [3.8, 4) is 0 Å². The SMILES string of the molecule is NC(N)=NCCN1CCN(C(=O)C2CCC2)CC1. The fourth-order valence-corrected chi connectivity index (χ4v) is 2.43. The minimum atomic E-state index is 0.147. The van der Waals surface area contributed by atoms with Gasteiger partial charge in [0.2, 0.25) is 5.91 Å². The molecular weight excluding hydrogens is 230 g/mol. The Balaban J connectivity index is 1.67. The summed E-state index contributed by atoms with van der Waals surface area (Å²) in [4.78, 5) is 20.3. The number of carbonyl (C=O) groups excluding carboxylic acids is 1. The molecule has 0 aromatic heterocycles. The Hall–Kier alpha value is -1.30. The van der Waals surface area contributed by atoms with Crippen molar-refractivity contribution in [1.29, 1.82) is 0 Å². The molecule has 1 aliphatic carbocycles. The van der Waals surface area contributed by atoms with E-state index in [9.17, 15) is 4.79 Å². The third kappa shape index (κ3) is 3.35. The van der Waals surface area contributed by atoms with Crippen LogP contribution in [0.15, 0.2) is 4.99 Å². The standard InChI is InChI=1S/C12H23N5O/c13-12(14)15-4-5-16-6-8-17(9-7-16)11(18)10-2-1-3-10/h10H,1-9H2,(H4,13,14,15). The van der Waals surface area contributed by atoms with Gasteiger partial charge in [0.15, 0.2) is 5.96 Å². The highest BCUT2D eigenvalue weighted by Crippen LogP contribution is 2.28. The molecule has 0 spiro atoms. The Labute approximate surface area is 108 Å². The van der Waals surface area contributed by atoms with E-state index in [4.69, 9.17) is 11.5 Å². The minimum Gasteiger partial charge on any atom is -0.370 e. The van der Waals surface area contributed by atoms with Crippen LogP contribution in [-0.2, 0) is 4.79 Å². The van der Waals surface area contributed by atoms with Crippen molar-refractivity contribution < 1.29 is 4.79 Å². The maximum atomic E-state index is 12.0. The van der Waals surface area contributed by atoms with Crippen molar-refractivity contribution in [2.45, 2.75) is 19.3 Å². The van der Waals surface area contributed by atoms with Gasteiger partial charge in [0.1, 0.15) is 0 Å². The molecule has 1 heterocycles. The van der Waals surface area contributed by atoms with Gasteiger partial charge in [-0.05, 0) is 12.8 Å². The van der Waals surface area contributed by atoms with E-state index < -0.39 is 0 Å². The average molecular weight is 253 g/mol. The molecule has 0 aromatic carbocycles. The van der Waals surface area contributed by atoms with Crippen LogP contribution < -0.4 is 11.5 Å². The zero-order valence-corrected chi connectivity index (χ0v) is 10.8. The number of rotatable bonds is 4. The fraction of sp³-hybridized carbons (Fsp3) is 0.833. The third-order valence-electron chi connectivity index (χ3n) is 3.85. The largest absolute Gasteiger partial charge is 0.370 e. The quantitative estimate of drug-likeness (QED) is 0.507. The van der Waals surface area contributed by atoms with Crippen molar-refractivity contribution >= 4 is 11.9 Å². The molecule has 6 heteroatoms. The van der Waals surface area contributed by atoms with E-state index in [0.29, 0.717) is 18.4 Å². The van der Waals surface area contributed by atoms with Gasteiger partial charge >= 0.3 is 0 Å². The molecule has 1 saturated heterocycles. The monoisotopic (exact) mass is 253 g/mol. The summed E-state index contributed by atoms with van der Waals surface area (Å²) < 4.78 is 0. The smallest absolute Gasteiger partial charge is 0.225 e. The lowest BCUT2D eigenvalue weighted by molar-refractivity contribution is -0.139. The molecule has 102 valence electrons. The molecule has 6 nitrogen and oxygen atoms in total. The summed E-state index contributed by atoms with van der Waals surface area (Å²) in [6.45, 7) is 5.05. The summed E-state index contributed by atoms with van der Waals surface area (Å²) in [5.41, 5.74) is 10.6. The molecule has 0 aromatic rings. The van der Waals surface area contributed by atoms with Crippen molar-refractivity contribution in [3.63, 3.8) is 0 Å². The van der Waals surface area contributed by atoms with Crippen molar-refractivity contribution in [2.24, 2.45) is 22.4 Å². The van der Waals surface area contributed by atoms with Gasteiger partial charge in [-0.15, -0.1) is 0 Å². The Morgan fingerprint density at radius 1 is 1.17 bits per heavy atom. The zero-order valence-electron chi connectivity index (χ0n) is 10.8. The second-order valence-electron chi connectivity index (χ2n) is 5.10. The molecule has 0 unspecified atom stereocenters.